The maximum absolute atomic E-state index is 11.2. The Balaban J connectivity index is 2.05. The van der Waals surface area contributed by atoms with E-state index in [1.54, 1.807) is 6.07 Å². The molecule has 0 radical (unpaired) electrons. The number of primary amides is 1. The molecule has 2 N–H and O–H groups in total. The zero-order chi connectivity index (χ0) is 16.6. The van der Waals surface area contributed by atoms with Crippen LogP contribution in [0.25, 0.3) is 11.3 Å². The highest BCUT2D eigenvalue weighted by Gasteiger charge is 2.19. The fourth-order valence-electron chi connectivity index (χ4n) is 2.62. The van der Waals surface area contributed by atoms with E-state index < -0.39 is 5.91 Å². The van der Waals surface area contributed by atoms with Crippen LogP contribution in [0.5, 0.6) is 0 Å². The number of anilines is 1. The smallest absolute Gasteiger partial charge is 0.287 e. The van der Waals surface area contributed by atoms with Crippen molar-refractivity contribution in [3.63, 3.8) is 0 Å². The van der Waals surface area contributed by atoms with Gasteiger partial charge in [0.2, 0.25) is 5.76 Å². The Labute approximate surface area is 134 Å². The molecule has 0 saturated carbocycles. The molecule has 23 heavy (non-hydrogen) atoms. The molecule has 0 bridgehead atoms. The first-order valence-corrected chi connectivity index (χ1v) is 7.31. The molecule has 2 aromatic rings. The Morgan fingerprint density at radius 3 is 2.70 bits per heavy atom. The van der Waals surface area contributed by atoms with Crippen LogP contribution in [0.4, 0.5) is 5.69 Å². The first-order chi connectivity index (χ1) is 11.0. The van der Waals surface area contributed by atoms with Gasteiger partial charge in [0.05, 0.1) is 6.54 Å². The predicted octanol–water partition coefficient (Wildman–Crippen LogP) is 1.20. The van der Waals surface area contributed by atoms with Gasteiger partial charge in [0.15, 0.2) is 0 Å². The van der Waals surface area contributed by atoms with Gasteiger partial charge in [-0.15, -0.1) is 0 Å². The highest BCUT2D eigenvalue weighted by molar-refractivity contribution is 6.01. The van der Waals surface area contributed by atoms with Gasteiger partial charge in [-0.05, 0) is 12.1 Å². The fourth-order valence-corrected chi connectivity index (χ4v) is 2.62. The second-order valence-electron chi connectivity index (χ2n) is 5.69. The van der Waals surface area contributed by atoms with Crippen LogP contribution in [-0.4, -0.2) is 56.0 Å². The van der Waals surface area contributed by atoms with E-state index in [4.69, 9.17) is 10.3 Å². The number of aliphatic imine (C=N–C) groups is 1. The van der Waals surface area contributed by atoms with Crippen molar-refractivity contribution in [2.75, 3.05) is 39.1 Å². The van der Waals surface area contributed by atoms with E-state index in [0.717, 1.165) is 35.7 Å². The predicted molar refractivity (Wildman–Crippen MR) is 88.8 cm³/mol. The minimum absolute atomic E-state index is 0.0497. The van der Waals surface area contributed by atoms with Gasteiger partial charge in [0, 0.05) is 50.6 Å². The van der Waals surface area contributed by atoms with Crippen molar-refractivity contribution in [3.05, 3.63) is 35.6 Å². The van der Waals surface area contributed by atoms with Crippen molar-refractivity contribution in [3.8, 4) is 11.3 Å². The number of likely N-dealkylation sites (N-methyl/N-ethyl adjacent to an activating group) is 1. The molecule has 3 rings (SSSR count). The van der Waals surface area contributed by atoms with Gasteiger partial charge in [0.1, 0.15) is 11.5 Å². The number of carbonyl (C=O) groups is 1. The molecule has 0 atom stereocenters. The van der Waals surface area contributed by atoms with Crippen molar-refractivity contribution >= 4 is 17.4 Å². The Morgan fingerprint density at radius 1 is 1.35 bits per heavy atom. The van der Waals surface area contributed by atoms with Gasteiger partial charge in [-0.3, -0.25) is 9.79 Å². The third kappa shape index (κ3) is 2.77. The highest BCUT2D eigenvalue weighted by atomic mass is 16.5. The number of amidine groups is 1. The molecule has 7 nitrogen and oxygen atoms in total. The summed E-state index contributed by atoms with van der Waals surface area (Å²) in [7, 11) is 5.95. The summed E-state index contributed by atoms with van der Waals surface area (Å²) >= 11 is 0. The van der Waals surface area contributed by atoms with Crippen molar-refractivity contribution in [2.45, 2.75) is 0 Å². The van der Waals surface area contributed by atoms with E-state index in [9.17, 15) is 4.79 Å². The van der Waals surface area contributed by atoms with E-state index in [0.29, 0.717) is 5.69 Å². The summed E-state index contributed by atoms with van der Waals surface area (Å²) in [6, 6.07) is 7.59. The zero-order valence-electron chi connectivity index (χ0n) is 13.4. The molecule has 7 heteroatoms. The highest BCUT2D eigenvalue weighted by Crippen LogP contribution is 2.31. The molecule has 0 unspecified atom stereocenters. The molecule has 1 aliphatic rings. The molecule has 120 valence electrons. The molecule has 1 aromatic heterocycles. The number of nitrogens with two attached hydrogens (primary N) is 1. The number of hydrogen-bond donors (Lipinski definition) is 1. The second kappa shape index (κ2) is 5.75. The zero-order valence-corrected chi connectivity index (χ0v) is 13.4. The Hall–Kier alpha value is -2.83. The van der Waals surface area contributed by atoms with Gasteiger partial charge in [-0.1, -0.05) is 11.2 Å². The van der Waals surface area contributed by atoms with E-state index in [1.165, 1.54) is 0 Å². The van der Waals surface area contributed by atoms with Crippen LogP contribution in [0.2, 0.25) is 0 Å². The van der Waals surface area contributed by atoms with Crippen molar-refractivity contribution < 1.29 is 9.32 Å². The molecule has 1 aliphatic heterocycles. The van der Waals surface area contributed by atoms with Crippen LogP contribution in [0.1, 0.15) is 16.1 Å². The summed E-state index contributed by atoms with van der Waals surface area (Å²) < 4.78 is 4.99. The molecule has 1 amide bonds. The molecule has 0 fully saturated rings. The van der Waals surface area contributed by atoms with E-state index >= 15 is 0 Å². The number of nitrogens with zero attached hydrogens (tertiary/aromatic N) is 4. The van der Waals surface area contributed by atoms with Crippen LogP contribution in [0.15, 0.2) is 33.8 Å². The van der Waals surface area contributed by atoms with Crippen LogP contribution in [0.3, 0.4) is 0 Å². The Morgan fingerprint density at radius 2 is 2.13 bits per heavy atom. The Bertz CT molecular complexity index is 779. The number of amides is 1. The van der Waals surface area contributed by atoms with Gasteiger partial charge < -0.3 is 20.1 Å². The lowest BCUT2D eigenvalue weighted by molar-refractivity contribution is 0.0965. The van der Waals surface area contributed by atoms with E-state index in [1.807, 2.05) is 38.2 Å². The molecular formula is C16H19N5O2. The average molecular weight is 313 g/mol. The quantitative estimate of drug-likeness (QED) is 0.916. The second-order valence-corrected chi connectivity index (χ2v) is 5.69. The third-order valence-corrected chi connectivity index (χ3v) is 3.83. The molecule has 0 aliphatic carbocycles. The van der Waals surface area contributed by atoms with Gasteiger partial charge in [-0.25, -0.2) is 0 Å². The lowest BCUT2D eigenvalue weighted by Gasteiger charge is -2.20. The summed E-state index contributed by atoms with van der Waals surface area (Å²) in [5.41, 5.74) is 8.69. The lowest BCUT2D eigenvalue weighted by Crippen LogP contribution is -2.23. The number of carbonyl (C=O) groups excluding carboxylic acids is 1. The lowest BCUT2D eigenvalue weighted by atomic mass is 10.0. The van der Waals surface area contributed by atoms with Crippen molar-refractivity contribution in [1.29, 1.82) is 0 Å². The first kappa shape index (κ1) is 15.1. The minimum atomic E-state index is -0.631. The van der Waals surface area contributed by atoms with Crippen LogP contribution in [0, 0.1) is 0 Å². The van der Waals surface area contributed by atoms with Crippen molar-refractivity contribution in [1.82, 2.24) is 10.1 Å². The molecular weight excluding hydrogens is 294 g/mol. The summed E-state index contributed by atoms with van der Waals surface area (Å²) in [6.07, 6.45) is 0. The number of rotatable bonds is 4. The Kier molecular flexibility index (Phi) is 3.77. The topological polar surface area (TPSA) is 88.0 Å². The largest absolute Gasteiger partial charge is 0.377 e. The summed E-state index contributed by atoms with van der Waals surface area (Å²) in [4.78, 5) is 19.9. The first-order valence-electron chi connectivity index (χ1n) is 7.31. The van der Waals surface area contributed by atoms with Gasteiger partial charge in [0.25, 0.3) is 5.91 Å². The normalized spacial score (nSPS) is 14.0. The average Bonchev–Trinajstić information content (AvgIpc) is 3.15. The number of benzene rings is 1. The molecule has 0 saturated heterocycles. The molecule has 2 heterocycles. The fraction of sp³-hybridized carbons (Fsp3) is 0.312. The van der Waals surface area contributed by atoms with Crippen LogP contribution < -0.4 is 10.6 Å². The standard InChI is InChI=1S/C16H19N5O2/c1-20(2)13-8-10(16-18-6-7-21(16)3)4-5-11(13)12-9-14(15(17)22)23-19-12/h4-5,8-9H,6-7H2,1-3H3,(H2,17,22). The van der Waals surface area contributed by atoms with Crippen molar-refractivity contribution in [2.24, 2.45) is 10.7 Å². The van der Waals surface area contributed by atoms with Crippen LogP contribution in [-0.2, 0) is 0 Å². The molecule has 0 spiro atoms. The SMILES string of the molecule is CN1CCN=C1c1ccc(-c2cc(C(N)=O)on2)c(N(C)C)c1. The minimum Gasteiger partial charge on any atom is -0.377 e. The van der Waals surface area contributed by atoms with E-state index in [-0.39, 0.29) is 5.76 Å². The van der Waals surface area contributed by atoms with E-state index in [2.05, 4.69) is 21.1 Å². The number of hydrogen-bond acceptors (Lipinski definition) is 6. The van der Waals surface area contributed by atoms with Gasteiger partial charge in [-0.2, -0.15) is 0 Å². The molecule has 1 aromatic carbocycles. The summed E-state index contributed by atoms with van der Waals surface area (Å²) in [5.74, 6) is 0.403. The van der Waals surface area contributed by atoms with Crippen LogP contribution >= 0.6 is 0 Å². The maximum Gasteiger partial charge on any atom is 0.287 e. The van der Waals surface area contributed by atoms with Gasteiger partial charge >= 0.3 is 0 Å². The maximum atomic E-state index is 11.2. The number of aromatic nitrogens is 1. The summed E-state index contributed by atoms with van der Waals surface area (Å²) in [5, 5.41) is 3.95. The monoisotopic (exact) mass is 313 g/mol. The summed E-state index contributed by atoms with van der Waals surface area (Å²) in [6.45, 7) is 1.75. The third-order valence-electron chi connectivity index (χ3n) is 3.83.